The average Bonchev–Trinajstić information content (AvgIpc) is 2.45. The second-order valence-electron chi connectivity index (χ2n) is 4.26. The fraction of sp³-hybridized carbons (Fsp3) is 0.133. The average molecular weight is 312 g/mol. The Bertz CT molecular complexity index is 631. The largest absolute Gasteiger partial charge is 0.348 e. The minimum atomic E-state index is -0.471. The van der Waals surface area contributed by atoms with Gasteiger partial charge in [-0.25, -0.2) is 4.39 Å². The summed E-state index contributed by atoms with van der Waals surface area (Å²) in [5.74, 6) is -0.390. The van der Waals surface area contributed by atoms with Crippen LogP contribution in [0.1, 0.15) is 21.5 Å². The molecular weight excluding hydrogens is 300 g/mol. The molecule has 0 atom stereocenters. The molecule has 20 heavy (non-hydrogen) atoms. The van der Waals surface area contributed by atoms with Gasteiger partial charge in [0.05, 0.1) is 10.6 Å². The number of carbonyl (C=O) groups is 1. The molecular formula is C15H12Cl2FNO. The van der Waals surface area contributed by atoms with Crippen molar-refractivity contribution in [3.63, 3.8) is 0 Å². The van der Waals surface area contributed by atoms with E-state index in [0.717, 1.165) is 17.2 Å². The first-order valence-electron chi connectivity index (χ1n) is 5.97. The number of nitrogens with one attached hydrogen (secondary N) is 1. The maximum Gasteiger partial charge on any atom is 0.253 e. The van der Waals surface area contributed by atoms with E-state index in [1.54, 1.807) is 0 Å². The molecule has 0 bridgehead atoms. The second-order valence-corrected chi connectivity index (χ2v) is 4.93. The lowest BCUT2D eigenvalue weighted by atomic mass is 10.1. The lowest BCUT2D eigenvalue weighted by molar-refractivity contribution is 0.0951. The SMILES string of the molecule is O=C(NCc1cccc(CCl)c1)c1ccc(F)cc1Cl. The maximum atomic E-state index is 12.9. The normalized spacial score (nSPS) is 10.3. The summed E-state index contributed by atoms with van der Waals surface area (Å²) in [6, 6.07) is 11.3. The molecule has 0 fully saturated rings. The van der Waals surface area contributed by atoms with Crippen LogP contribution in [0.3, 0.4) is 0 Å². The van der Waals surface area contributed by atoms with Gasteiger partial charge < -0.3 is 5.32 Å². The highest BCUT2D eigenvalue weighted by molar-refractivity contribution is 6.33. The van der Waals surface area contributed by atoms with E-state index in [0.29, 0.717) is 12.4 Å². The third-order valence-electron chi connectivity index (χ3n) is 2.77. The molecule has 5 heteroatoms. The zero-order valence-corrected chi connectivity index (χ0v) is 12.0. The summed E-state index contributed by atoms with van der Waals surface area (Å²) in [5, 5.41) is 2.83. The van der Waals surface area contributed by atoms with Crippen molar-refractivity contribution >= 4 is 29.1 Å². The zero-order chi connectivity index (χ0) is 14.5. The first kappa shape index (κ1) is 14.8. The van der Waals surface area contributed by atoms with Crippen molar-refractivity contribution in [2.45, 2.75) is 12.4 Å². The van der Waals surface area contributed by atoms with Gasteiger partial charge in [-0.3, -0.25) is 4.79 Å². The van der Waals surface area contributed by atoms with Crippen LogP contribution < -0.4 is 5.32 Å². The monoisotopic (exact) mass is 311 g/mol. The van der Waals surface area contributed by atoms with Gasteiger partial charge in [-0.1, -0.05) is 35.9 Å². The third kappa shape index (κ3) is 3.71. The van der Waals surface area contributed by atoms with Crippen LogP contribution in [0, 0.1) is 5.82 Å². The fourth-order valence-corrected chi connectivity index (χ4v) is 2.19. The van der Waals surface area contributed by atoms with E-state index in [1.807, 2.05) is 24.3 Å². The van der Waals surface area contributed by atoms with Gasteiger partial charge >= 0.3 is 0 Å². The lowest BCUT2D eigenvalue weighted by Gasteiger charge is -2.08. The Hall–Kier alpha value is -1.58. The number of hydrogen-bond donors (Lipinski definition) is 1. The van der Waals surface area contributed by atoms with Crippen molar-refractivity contribution in [3.8, 4) is 0 Å². The Morgan fingerprint density at radius 1 is 1.15 bits per heavy atom. The van der Waals surface area contributed by atoms with Gasteiger partial charge in [0.2, 0.25) is 0 Å². The van der Waals surface area contributed by atoms with E-state index in [9.17, 15) is 9.18 Å². The van der Waals surface area contributed by atoms with E-state index >= 15 is 0 Å². The standard InChI is InChI=1S/C15H12Cl2FNO/c16-8-10-2-1-3-11(6-10)9-19-15(20)13-5-4-12(18)7-14(13)17/h1-7H,8-9H2,(H,19,20). The number of carbonyl (C=O) groups excluding carboxylic acids is 1. The minimum absolute atomic E-state index is 0.0945. The number of benzene rings is 2. The Morgan fingerprint density at radius 2 is 1.90 bits per heavy atom. The molecule has 0 radical (unpaired) electrons. The number of amides is 1. The number of alkyl halides is 1. The Morgan fingerprint density at radius 3 is 2.60 bits per heavy atom. The molecule has 1 N–H and O–H groups in total. The molecule has 1 amide bonds. The van der Waals surface area contributed by atoms with Gasteiger partial charge in [-0.15, -0.1) is 11.6 Å². The van der Waals surface area contributed by atoms with Crippen LogP contribution in [0.5, 0.6) is 0 Å². The van der Waals surface area contributed by atoms with E-state index in [4.69, 9.17) is 23.2 Å². The molecule has 2 rings (SSSR count). The molecule has 0 aromatic heterocycles. The van der Waals surface area contributed by atoms with Crippen LogP contribution in [0.25, 0.3) is 0 Å². The fourth-order valence-electron chi connectivity index (χ4n) is 1.77. The summed E-state index contributed by atoms with van der Waals surface area (Å²) >= 11 is 11.6. The van der Waals surface area contributed by atoms with Crippen LogP contribution in [-0.2, 0) is 12.4 Å². The van der Waals surface area contributed by atoms with Crippen molar-refractivity contribution in [2.75, 3.05) is 0 Å². The van der Waals surface area contributed by atoms with Gasteiger partial charge in [0.25, 0.3) is 5.91 Å². The van der Waals surface area contributed by atoms with Crippen LogP contribution in [0.15, 0.2) is 42.5 Å². The molecule has 2 aromatic rings. The molecule has 0 aliphatic carbocycles. The van der Waals surface area contributed by atoms with Crippen LogP contribution in [-0.4, -0.2) is 5.91 Å². The molecule has 2 nitrogen and oxygen atoms in total. The summed E-state index contributed by atoms with van der Waals surface area (Å²) in [7, 11) is 0. The lowest BCUT2D eigenvalue weighted by Crippen LogP contribution is -2.23. The first-order chi connectivity index (χ1) is 9.60. The molecule has 0 unspecified atom stereocenters. The van der Waals surface area contributed by atoms with E-state index in [-0.39, 0.29) is 16.5 Å². The van der Waals surface area contributed by atoms with Gasteiger partial charge in [0.1, 0.15) is 5.82 Å². The summed E-state index contributed by atoms with van der Waals surface area (Å²) in [6.07, 6.45) is 0. The molecule has 0 aliphatic heterocycles. The zero-order valence-electron chi connectivity index (χ0n) is 10.5. The summed E-state index contributed by atoms with van der Waals surface area (Å²) in [6.45, 7) is 0.358. The Labute approximate surface area is 126 Å². The van der Waals surface area contributed by atoms with Gasteiger partial charge in [0, 0.05) is 12.4 Å². The summed E-state index contributed by atoms with van der Waals surface area (Å²) in [5.41, 5.74) is 2.18. The van der Waals surface area contributed by atoms with Crippen molar-refractivity contribution in [1.29, 1.82) is 0 Å². The Kier molecular flexibility index (Phi) is 4.99. The smallest absolute Gasteiger partial charge is 0.253 e. The molecule has 0 spiro atoms. The van der Waals surface area contributed by atoms with Crippen molar-refractivity contribution in [2.24, 2.45) is 0 Å². The highest BCUT2D eigenvalue weighted by atomic mass is 35.5. The quantitative estimate of drug-likeness (QED) is 0.844. The predicted octanol–water partition coefficient (Wildman–Crippen LogP) is 4.15. The van der Waals surface area contributed by atoms with Crippen molar-refractivity contribution in [1.82, 2.24) is 5.32 Å². The first-order valence-corrected chi connectivity index (χ1v) is 6.88. The highest BCUT2D eigenvalue weighted by Gasteiger charge is 2.10. The molecule has 0 saturated carbocycles. The number of rotatable bonds is 4. The van der Waals surface area contributed by atoms with E-state index in [2.05, 4.69) is 5.32 Å². The van der Waals surface area contributed by atoms with Gasteiger partial charge in [-0.05, 0) is 29.3 Å². The number of hydrogen-bond acceptors (Lipinski definition) is 1. The van der Waals surface area contributed by atoms with Crippen molar-refractivity contribution in [3.05, 3.63) is 70.0 Å². The Balaban J connectivity index is 2.04. The van der Waals surface area contributed by atoms with Crippen LogP contribution in [0.2, 0.25) is 5.02 Å². The topological polar surface area (TPSA) is 29.1 Å². The van der Waals surface area contributed by atoms with Gasteiger partial charge in [0.15, 0.2) is 0 Å². The maximum absolute atomic E-state index is 12.9. The van der Waals surface area contributed by atoms with Crippen molar-refractivity contribution < 1.29 is 9.18 Å². The highest BCUT2D eigenvalue weighted by Crippen LogP contribution is 2.17. The number of halogens is 3. The second kappa shape index (κ2) is 6.73. The van der Waals surface area contributed by atoms with E-state index < -0.39 is 5.82 Å². The molecule has 0 heterocycles. The summed E-state index contributed by atoms with van der Waals surface area (Å²) in [4.78, 5) is 12.0. The summed E-state index contributed by atoms with van der Waals surface area (Å²) < 4.78 is 12.9. The molecule has 104 valence electrons. The van der Waals surface area contributed by atoms with Crippen LogP contribution in [0.4, 0.5) is 4.39 Å². The van der Waals surface area contributed by atoms with E-state index in [1.165, 1.54) is 12.1 Å². The molecule has 2 aromatic carbocycles. The van der Waals surface area contributed by atoms with Gasteiger partial charge in [-0.2, -0.15) is 0 Å². The molecule has 0 saturated heterocycles. The predicted molar refractivity (Wildman–Crippen MR) is 78.6 cm³/mol. The molecule has 0 aliphatic rings. The third-order valence-corrected chi connectivity index (χ3v) is 3.40. The minimum Gasteiger partial charge on any atom is -0.348 e. The van der Waals surface area contributed by atoms with Crippen LogP contribution >= 0.6 is 23.2 Å².